The summed E-state index contributed by atoms with van der Waals surface area (Å²) in [5.74, 6) is 0. The standard InChI is InChI=1S/C12H12Cl2N4O2S/c13-10-2-1-3-11(14)12(10)21(19,20)17-7-4-9(8-17)18-15-5-6-16-18/h1-3,5-6,9H,4,7-8H2. The zero-order chi connectivity index (χ0) is 15.0. The molecule has 1 fully saturated rings. The molecule has 1 aromatic heterocycles. The van der Waals surface area contributed by atoms with Crippen LogP contribution in [0.4, 0.5) is 0 Å². The van der Waals surface area contributed by atoms with Gasteiger partial charge in [0.1, 0.15) is 4.90 Å². The molecule has 6 nitrogen and oxygen atoms in total. The van der Waals surface area contributed by atoms with Gasteiger partial charge in [-0.05, 0) is 18.6 Å². The third kappa shape index (κ3) is 2.66. The van der Waals surface area contributed by atoms with Crippen molar-refractivity contribution in [3.8, 4) is 0 Å². The van der Waals surface area contributed by atoms with E-state index in [0.29, 0.717) is 19.5 Å². The molecule has 0 radical (unpaired) electrons. The van der Waals surface area contributed by atoms with Gasteiger partial charge in [0, 0.05) is 13.1 Å². The molecule has 0 bridgehead atoms. The molecule has 0 spiro atoms. The topological polar surface area (TPSA) is 68.1 Å². The summed E-state index contributed by atoms with van der Waals surface area (Å²) in [5.41, 5.74) is 0. The van der Waals surface area contributed by atoms with Crippen LogP contribution in [0.1, 0.15) is 12.5 Å². The molecule has 0 N–H and O–H groups in total. The van der Waals surface area contributed by atoms with Gasteiger partial charge in [-0.25, -0.2) is 8.42 Å². The van der Waals surface area contributed by atoms with E-state index in [1.807, 2.05) is 0 Å². The Kier molecular flexibility index (Phi) is 3.92. The van der Waals surface area contributed by atoms with Gasteiger partial charge in [0.2, 0.25) is 10.0 Å². The van der Waals surface area contributed by atoms with Gasteiger partial charge in [0.05, 0.1) is 28.5 Å². The first kappa shape index (κ1) is 14.8. The summed E-state index contributed by atoms with van der Waals surface area (Å²) < 4.78 is 26.8. The van der Waals surface area contributed by atoms with E-state index < -0.39 is 10.0 Å². The van der Waals surface area contributed by atoms with Gasteiger partial charge in [-0.1, -0.05) is 29.3 Å². The van der Waals surface area contributed by atoms with E-state index in [2.05, 4.69) is 10.2 Å². The van der Waals surface area contributed by atoms with Crippen LogP contribution in [0.25, 0.3) is 0 Å². The van der Waals surface area contributed by atoms with Gasteiger partial charge in [-0.15, -0.1) is 0 Å². The van der Waals surface area contributed by atoms with Crippen molar-refractivity contribution in [2.45, 2.75) is 17.4 Å². The van der Waals surface area contributed by atoms with Gasteiger partial charge in [0.25, 0.3) is 0 Å². The molecule has 2 heterocycles. The maximum Gasteiger partial charge on any atom is 0.246 e. The quantitative estimate of drug-likeness (QED) is 0.854. The minimum Gasteiger partial charge on any atom is -0.207 e. The van der Waals surface area contributed by atoms with Crippen LogP contribution in [0.5, 0.6) is 0 Å². The largest absolute Gasteiger partial charge is 0.246 e. The van der Waals surface area contributed by atoms with Crippen LogP contribution in [-0.4, -0.2) is 40.8 Å². The summed E-state index contributed by atoms with van der Waals surface area (Å²) in [4.78, 5) is 1.49. The van der Waals surface area contributed by atoms with Gasteiger partial charge < -0.3 is 0 Å². The Morgan fingerprint density at radius 3 is 2.38 bits per heavy atom. The van der Waals surface area contributed by atoms with Crippen LogP contribution < -0.4 is 0 Å². The summed E-state index contributed by atoms with van der Waals surface area (Å²) in [6.07, 6.45) is 3.79. The molecule has 1 saturated heterocycles. The van der Waals surface area contributed by atoms with Crippen molar-refractivity contribution < 1.29 is 8.42 Å². The minimum atomic E-state index is -3.72. The van der Waals surface area contributed by atoms with Crippen molar-refractivity contribution in [2.75, 3.05) is 13.1 Å². The van der Waals surface area contributed by atoms with Crippen molar-refractivity contribution in [1.82, 2.24) is 19.3 Å². The van der Waals surface area contributed by atoms with Crippen molar-refractivity contribution in [2.24, 2.45) is 0 Å². The Bertz CT molecular complexity index is 728. The molecule has 0 aliphatic carbocycles. The predicted octanol–water partition coefficient (Wildman–Crippen LogP) is 2.22. The molecular weight excluding hydrogens is 335 g/mol. The lowest BCUT2D eigenvalue weighted by Gasteiger charge is -2.18. The molecule has 21 heavy (non-hydrogen) atoms. The summed E-state index contributed by atoms with van der Waals surface area (Å²) in [5, 5.41) is 8.36. The van der Waals surface area contributed by atoms with Crippen LogP contribution in [0.15, 0.2) is 35.5 Å². The maximum atomic E-state index is 12.7. The molecule has 1 aliphatic rings. The number of hydrogen-bond acceptors (Lipinski definition) is 4. The summed E-state index contributed by atoms with van der Waals surface area (Å²) >= 11 is 12.0. The van der Waals surface area contributed by atoms with Crippen LogP contribution >= 0.6 is 23.2 Å². The van der Waals surface area contributed by atoms with Crippen molar-refractivity contribution in [3.05, 3.63) is 40.6 Å². The van der Waals surface area contributed by atoms with E-state index in [9.17, 15) is 8.42 Å². The van der Waals surface area contributed by atoms with Gasteiger partial charge in [0.15, 0.2) is 0 Å². The summed E-state index contributed by atoms with van der Waals surface area (Å²) in [6, 6.07) is 4.58. The number of hydrogen-bond donors (Lipinski definition) is 0. The number of aromatic nitrogens is 3. The molecule has 9 heteroatoms. The highest BCUT2D eigenvalue weighted by Gasteiger charge is 2.36. The predicted molar refractivity (Wildman–Crippen MR) is 78.9 cm³/mol. The number of nitrogens with zero attached hydrogens (tertiary/aromatic N) is 4. The Hall–Kier alpha value is -1.15. The molecule has 1 atom stereocenters. The van der Waals surface area contributed by atoms with E-state index in [0.717, 1.165) is 0 Å². The fourth-order valence-corrected chi connectivity index (χ4v) is 4.97. The maximum absolute atomic E-state index is 12.7. The van der Waals surface area contributed by atoms with E-state index in [4.69, 9.17) is 23.2 Å². The molecule has 3 rings (SSSR count). The average Bonchev–Trinajstić information content (AvgIpc) is 3.09. The summed E-state index contributed by atoms with van der Waals surface area (Å²) in [6.45, 7) is 0.689. The van der Waals surface area contributed by atoms with Crippen LogP contribution in [-0.2, 0) is 10.0 Å². The van der Waals surface area contributed by atoms with E-state index in [1.54, 1.807) is 18.5 Å². The lowest BCUT2D eigenvalue weighted by atomic mass is 10.3. The fourth-order valence-electron chi connectivity index (χ4n) is 2.39. The third-order valence-electron chi connectivity index (χ3n) is 3.41. The molecule has 0 amide bonds. The van der Waals surface area contributed by atoms with Crippen LogP contribution in [0.2, 0.25) is 10.0 Å². The van der Waals surface area contributed by atoms with Gasteiger partial charge in [-0.2, -0.15) is 19.3 Å². The van der Waals surface area contributed by atoms with Crippen LogP contribution in [0.3, 0.4) is 0 Å². The Morgan fingerprint density at radius 2 is 1.76 bits per heavy atom. The molecule has 1 unspecified atom stereocenters. The first-order valence-electron chi connectivity index (χ1n) is 6.30. The molecule has 2 aromatic rings. The normalized spacial score (nSPS) is 20.0. The number of benzene rings is 1. The second kappa shape index (κ2) is 5.57. The lowest BCUT2D eigenvalue weighted by Crippen LogP contribution is -2.30. The molecule has 1 aromatic carbocycles. The van der Waals surface area contributed by atoms with E-state index >= 15 is 0 Å². The van der Waals surface area contributed by atoms with Crippen molar-refractivity contribution >= 4 is 33.2 Å². The third-order valence-corrected chi connectivity index (χ3v) is 6.23. The fraction of sp³-hybridized carbons (Fsp3) is 0.333. The molecule has 0 saturated carbocycles. The van der Waals surface area contributed by atoms with Gasteiger partial charge >= 0.3 is 0 Å². The van der Waals surface area contributed by atoms with E-state index in [1.165, 1.54) is 21.2 Å². The first-order chi connectivity index (χ1) is 10.00. The van der Waals surface area contributed by atoms with E-state index in [-0.39, 0.29) is 21.0 Å². The highest BCUT2D eigenvalue weighted by Crippen LogP contribution is 2.34. The Balaban J connectivity index is 1.90. The molecule has 1 aliphatic heterocycles. The summed E-state index contributed by atoms with van der Waals surface area (Å²) in [7, 11) is -3.72. The second-order valence-corrected chi connectivity index (χ2v) is 7.39. The molecular formula is C12H12Cl2N4O2S. The highest BCUT2D eigenvalue weighted by molar-refractivity contribution is 7.89. The Morgan fingerprint density at radius 1 is 1.14 bits per heavy atom. The zero-order valence-electron chi connectivity index (χ0n) is 10.9. The lowest BCUT2D eigenvalue weighted by molar-refractivity contribution is 0.402. The Labute approximate surface area is 132 Å². The number of sulfonamides is 1. The number of halogens is 2. The first-order valence-corrected chi connectivity index (χ1v) is 8.49. The number of rotatable bonds is 3. The average molecular weight is 347 g/mol. The van der Waals surface area contributed by atoms with Crippen molar-refractivity contribution in [1.29, 1.82) is 0 Å². The minimum absolute atomic E-state index is 0.0394. The second-order valence-electron chi connectivity index (χ2n) is 4.71. The van der Waals surface area contributed by atoms with Crippen molar-refractivity contribution in [3.63, 3.8) is 0 Å². The smallest absolute Gasteiger partial charge is 0.207 e. The highest BCUT2D eigenvalue weighted by atomic mass is 35.5. The molecule has 112 valence electrons. The monoisotopic (exact) mass is 346 g/mol. The SMILES string of the molecule is O=S(=O)(c1c(Cl)cccc1Cl)N1CCC(n2nccn2)C1. The zero-order valence-corrected chi connectivity index (χ0v) is 13.2. The van der Waals surface area contributed by atoms with Gasteiger partial charge in [-0.3, -0.25) is 0 Å². The van der Waals surface area contributed by atoms with Crippen LogP contribution in [0, 0.1) is 0 Å².